The SMILES string of the molecule is COC1=CC2=C3C4=C(C=CC3NC2C=C1)C=CN(/C=C/N1CCC(C2CCN(CC=Nc3c5ccc(Cl)cc5nc5ccc(OC)cc35)CC2)CC1)C4. The molecule has 3 aromatic rings. The lowest BCUT2D eigenvalue weighted by molar-refractivity contribution is 0.119. The summed E-state index contributed by atoms with van der Waals surface area (Å²) >= 11 is 6.32. The first-order chi connectivity index (χ1) is 26.0. The normalized spacial score (nSPS) is 23.9. The van der Waals surface area contributed by atoms with Crippen LogP contribution in [0.4, 0.5) is 5.69 Å². The first kappa shape index (κ1) is 34.2. The molecule has 0 amide bonds. The molecule has 0 radical (unpaired) electrons. The lowest BCUT2D eigenvalue weighted by Crippen LogP contribution is -2.40. The van der Waals surface area contributed by atoms with Gasteiger partial charge in [-0.05, 0) is 128 Å². The third-order valence-electron chi connectivity index (χ3n) is 12.0. The molecule has 2 saturated heterocycles. The Hall–Kier alpha value is -4.63. The van der Waals surface area contributed by atoms with Crippen LogP contribution >= 0.6 is 11.6 Å². The second kappa shape index (κ2) is 14.7. The molecule has 1 aromatic heterocycles. The summed E-state index contributed by atoms with van der Waals surface area (Å²) in [5.41, 5.74) is 8.15. The van der Waals surface area contributed by atoms with Crippen LogP contribution in [0.1, 0.15) is 25.7 Å². The Bertz CT molecular complexity index is 2160. The zero-order chi connectivity index (χ0) is 35.9. The molecule has 8 nitrogen and oxygen atoms in total. The largest absolute Gasteiger partial charge is 0.497 e. The van der Waals surface area contributed by atoms with E-state index in [-0.39, 0.29) is 12.1 Å². The van der Waals surface area contributed by atoms with E-state index >= 15 is 0 Å². The highest BCUT2D eigenvalue weighted by Gasteiger charge is 2.36. The zero-order valence-electron chi connectivity index (χ0n) is 30.5. The van der Waals surface area contributed by atoms with Crippen LogP contribution in [0.15, 0.2) is 124 Å². The monoisotopic (exact) mass is 726 g/mol. The van der Waals surface area contributed by atoms with Gasteiger partial charge < -0.3 is 19.3 Å². The summed E-state index contributed by atoms with van der Waals surface area (Å²) in [6.45, 7) is 6.24. The van der Waals surface area contributed by atoms with Crippen LogP contribution in [0.5, 0.6) is 5.75 Å². The summed E-state index contributed by atoms with van der Waals surface area (Å²) in [6, 6.07) is 12.3. The number of rotatable bonds is 8. The Morgan fingerprint density at radius 3 is 2.49 bits per heavy atom. The molecule has 2 fully saturated rings. The molecule has 2 unspecified atom stereocenters. The molecule has 2 aromatic carbocycles. The fraction of sp³-hybridized carbons (Fsp3) is 0.364. The first-order valence-electron chi connectivity index (χ1n) is 19.1. The third kappa shape index (κ3) is 6.84. The molecule has 0 spiro atoms. The number of likely N-dealkylation sites (tertiary alicyclic amines) is 2. The Morgan fingerprint density at radius 1 is 0.868 bits per heavy atom. The van der Waals surface area contributed by atoms with Crippen molar-refractivity contribution in [3.8, 4) is 5.75 Å². The van der Waals surface area contributed by atoms with Gasteiger partial charge in [-0.2, -0.15) is 0 Å². The number of nitrogens with zero attached hydrogens (tertiary/aromatic N) is 5. The van der Waals surface area contributed by atoms with Crippen molar-refractivity contribution in [3.63, 3.8) is 0 Å². The van der Waals surface area contributed by atoms with Gasteiger partial charge in [-0.15, -0.1) is 0 Å². The lowest BCUT2D eigenvalue weighted by atomic mass is 9.79. The maximum absolute atomic E-state index is 6.32. The number of hydrogen-bond acceptors (Lipinski definition) is 8. The summed E-state index contributed by atoms with van der Waals surface area (Å²) in [6.07, 6.45) is 27.3. The van der Waals surface area contributed by atoms with E-state index in [9.17, 15) is 0 Å². The fourth-order valence-electron chi connectivity index (χ4n) is 9.09. The highest BCUT2D eigenvalue weighted by atomic mass is 35.5. The van der Waals surface area contributed by atoms with E-state index in [0.29, 0.717) is 5.02 Å². The van der Waals surface area contributed by atoms with Gasteiger partial charge in [-0.1, -0.05) is 29.8 Å². The van der Waals surface area contributed by atoms with Gasteiger partial charge in [0.15, 0.2) is 0 Å². The molecule has 5 heterocycles. The molecule has 2 atom stereocenters. The molecule has 53 heavy (non-hydrogen) atoms. The third-order valence-corrected chi connectivity index (χ3v) is 12.3. The van der Waals surface area contributed by atoms with Crippen LogP contribution in [0.25, 0.3) is 21.8 Å². The molecule has 0 saturated carbocycles. The van der Waals surface area contributed by atoms with Crippen molar-refractivity contribution in [2.24, 2.45) is 16.8 Å². The lowest BCUT2D eigenvalue weighted by Gasteiger charge is -2.40. The van der Waals surface area contributed by atoms with Gasteiger partial charge in [0.2, 0.25) is 0 Å². The minimum atomic E-state index is 0.244. The maximum Gasteiger partial charge on any atom is 0.119 e. The van der Waals surface area contributed by atoms with Gasteiger partial charge in [-0.3, -0.25) is 15.2 Å². The van der Waals surface area contributed by atoms with E-state index < -0.39 is 0 Å². The standard InChI is InChI=1S/C44H47ClN6O2/c1-52-33-5-9-39-36(26-33)43-38-28-51(21-15-31(38)3-8-41(43)47-39)24-23-50-19-13-30(14-20-50)29-11-17-49(18-12-29)22-16-46-44-35-7-4-32(45)25-42(35)48-40-10-6-34(53-2)27-37(40)44/h3-10,15-16,21,23-27,29-30,39,41,47H,11-14,17-20,22,28H2,1-2H3/b24-23+,46-16?. The van der Waals surface area contributed by atoms with Gasteiger partial charge in [0.1, 0.15) is 11.5 Å². The molecular weight excluding hydrogens is 680 g/mol. The van der Waals surface area contributed by atoms with Crippen molar-refractivity contribution in [1.82, 2.24) is 25.0 Å². The minimum absolute atomic E-state index is 0.244. The van der Waals surface area contributed by atoms with E-state index in [1.165, 1.54) is 48.0 Å². The Morgan fingerprint density at radius 2 is 1.68 bits per heavy atom. The van der Waals surface area contributed by atoms with Crippen LogP contribution in [-0.2, 0) is 4.74 Å². The van der Waals surface area contributed by atoms with Crippen molar-refractivity contribution in [1.29, 1.82) is 0 Å². The van der Waals surface area contributed by atoms with Crippen molar-refractivity contribution in [2.45, 2.75) is 37.8 Å². The predicted molar refractivity (Wildman–Crippen MR) is 216 cm³/mol. The maximum atomic E-state index is 6.32. The number of benzene rings is 2. The topological polar surface area (TPSA) is 65.5 Å². The minimum Gasteiger partial charge on any atom is -0.497 e. The van der Waals surface area contributed by atoms with Crippen molar-refractivity contribution in [3.05, 3.63) is 125 Å². The molecule has 1 N–H and O–H groups in total. The van der Waals surface area contributed by atoms with E-state index in [1.54, 1.807) is 14.2 Å². The van der Waals surface area contributed by atoms with Crippen molar-refractivity contribution in [2.75, 3.05) is 53.5 Å². The molecule has 0 bridgehead atoms. The summed E-state index contributed by atoms with van der Waals surface area (Å²) < 4.78 is 11.1. The predicted octanol–water partition coefficient (Wildman–Crippen LogP) is 8.08. The van der Waals surface area contributed by atoms with Crippen molar-refractivity contribution < 1.29 is 9.47 Å². The van der Waals surface area contributed by atoms with E-state index in [0.717, 1.165) is 90.1 Å². The van der Waals surface area contributed by atoms with Crippen LogP contribution in [-0.4, -0.2) is 91.5 Å². The molecule has 6 aliphatic rings. The van der Waals surface area contributed by atoms with Gasteiger partial charge in [0.25, 0.3) is 0 Å². The number of halogens is 1. The Labute approximate surface area is 317 Å². The molecule has 272 valence electrons. The summed E-state index contributed by atoms with van der Waals surface area (Å²) in [5, 5.41) is 6.43. The Kier molecular flexibility index (Phi) is 9.44. The number of allylic oxidation sites excluding steroid dienone is 4. The highest BCUT2D eigenvalue weighted by molar-refractivity contribution is 6.31. The fourth-order valence-corrected chi connectivity index (χ4v) is 9.26. The number of fused-ring (bicyclic) bond motifs is 5. The van der Waals surface area contributed by atoms with Crippen LogP contribution in [0.2, 0.25) is 5.02 Å². The summed E-state index contributed by atoms with van der Waals surface area (Å²) in [4.78, 5) is 17.3. The van der Waals surface area contributed by atoms with Gasteiger partial charge >= 0.3 is 0 Å². The molecule has 4 aliphatic heterocycles. The molecule has 9 heteroatoms. The number of aliphatic imine (C=N–C) groups is 1. The van der Waals surface area contributed by atoms with Crippen LogP contribution < -0.4 is 10.1 Å². The van der Waals surface area contributed by atoms with E-state index in [4.69, 9.17) is 31.1 Å². The number of methoxy groups -OCH3 is 2. The second-order valence-corrected chi connectivity index (χ2v) is 15.4. The Balaban J connectivity index is 0.775. The number of nitrogens with one attached hydrogen (secondary N) is 1. The van der Waals surface area contributed by atoms with Gasteiger partial charge in [0, 0.05) is 66.8 Å². The quantitative estimate of drug-likeness (QED) is 0.186. The van der Waals surface area contributed by atoms with E-state index in [1.807, 2.05) is 36.4 Å². The number of hydrogen-bond donors (Lipinski definition) is 1. The number of ether oxygens (including phenoxy) is 2. The number of pyridine rings is 1. The molecule has 9 rings (SSSR count). The second-order valence-electron chi connectivity index (χ2n) is 15.0. The zero-order valence-corrected chi connectivity index (χ0v) is 31.3. The highest BCUT2D eigenvalue weighted by Crippen LogP contribution is 2.40. The molecular formula is C44H47ClN6O2. The smallest absolute Gasteiger partial charge is 0.119 e. The number of aromatic nitrogens is 1. The van der Waals surface area contributed by atoms with Crippen LogP contribution in [0.3, 0.4) is 0 Å². The van der Waals surface area contributed by atoms with Gasteiger partial charge in [0.05, 0.1) is 43.0 Å². The van der Waals surface area contributed by atoms with E-state index in [2.05, 4.69) is 81.3 Å². The van der Waals surface area contributed by atoms with Crippen molar-refractivity contribution >= 4 is 45.3 Å². The first-order valence-corrected chi connectivity index (χ1v) is 19.4. The average molecular weight is 727 g/mol. The van der Waals surface area contributed by atoms with Crippen LogP contribution in [0, 0.1) is 11.8 Å². The average Bonchev–Trinajstić information content (AvgIpc) is 3.58. The summed E-state index contributed by atoms with van der Waals surface area (Å²) in [5.74, 6) is 3.34. The molecule has 2 aliphatic carbocycles. The number of piperidine rings is 2. The summed E-state index contributed by atoms with van der Waals surface area (Å²) in [7, 11) is 3.44. The van der Waals surface area contributed by atoms with Gasteiger partial charge in [-0.25, -0.2) is 4.98 Å².